The number of amides is 2. The van der Waals surface area contributed by atoms with E-state index in [2.05, 4.69) is 11.9 Å². The fourth-order valence-electron chi connectivity index (χ4n) is 5.06. The highest BCUT2D eigenvalue weighted by Crippen LogP contribution is 2.32. The smallest absolute Gasteiger partial charge is 0.405 e. The Bertz CT molecular complexity index is 1240. The number of hydrogen-bond donors (Lipinski definition) is 3. The van der Waals surface area contributed by atoms with Gasteiger partial charge in [-0.3, -0.25) is 14.4 Å². The van der Waals surface area contributed by atoms with Crippen LogP contribution in [0.4, 0.5) is 4.79 Å². The van der Waals surface area contributed by atoms with Gasteiger partial charge in [-0.1, -0.05) is 50.8 Å². The minimum absolute atomic E-state index is 0.0812. The summed E-state index contributed by atoms with van der Waals surface area (Å²) in [5.74, 6) is -2.57. The van der Waals surface area contributed by atoms with Crippen molar-refractivity contribution in [2.75, 3.05) is 21.3 Å². The Kier molecular flexibility index (Phi) is 12.6. The van der Waals surface area contributed by atoms with Crippen LogP contribution in [-0.2, 0) is 33.3 Å². The number of carbonyl (C=O) groups excluding carboxylic acids is 4. The van der Waals surface area contributed by atoms with Crippen LogP contribution in [0.5, 0.6) is 0 Å². The molecule has 0 saturated heterocycles. The molecule has 42 heavy (non-hydrogen) atoms. The van der Waals surface area contributed by atoms with Crippen LogP contribution >= 0.6 is 0 Å². The third kappa shape index (κ3) is 8.15. The van der Waals surface area contributed by atoms with E-state index in [1.54, 1.807) is 26.0 Å². The van der Waals surface area contributed by atoms with Crippen LogP contribution in [-0.4, -0.2) is 74.4 Å². The predicted octanol–water partition coefficient (Wildman–Crippen LogP) is 2.96. The van der Waals surface area contributed by atoms with Gasteiger partial charge < -0.3 is 35.1 Å². The van der Waals surface area contributed by atoms with Crippen molar-refractivity contribution >= 4 is 23.6 Å². The first-order chi connectivity index (χ1) is 19.8. The molecule has 0 aromatic carbocycles. The van der Waals surface area contributed by atoms with Gasteiger partial charge in [-0.25, -0.2) is 4.79 Å². The first-order valence-electron chi connectivity index (χ1n) is 13.6. The summed E-state index contributed by atoms with van der Waals surface area (Å²) in [6, 6.07) is 0. The van der Waals surface area contributed by atoms with Gasteiger partial charge in [0.15, 0.2) is 11.9 Å². The van der Waals surface area contributed by atoms with Crippen molar-refractivity contribution in [3.63, 3.8) is 0 Å². The van der Waals surface area contributed by atoms with Crippen LogP contribution in [0.1, 0.15) is 40.5 Å². The van der Waals surface area contributed by atoms with Crippen LogP contribution in [0, 0.1) is 11.8 Å². The molecule has 0 spiro atoms. The number of methoxy groups -OCH3 is 3. The summed E-state index contributed by atoms with van der Waals surface area (Å²) in [5, 5.41) is 13.8. The molecule has 0 aromatic rings. The minimum Gasteiger partial charge on any atom is -0.492 e. The van der Waals surface area contributed by atoms with Gasteiger partial charge in [-0.15, -0.1) is 0 Å². The number of nitrogens with one attached hydrogen (secondary N) is 1. The molecule has 0 radical (unpaired) electrons. The van der Waals surface area contributed by atoms with Crippen molar-refractivity contribution in [2.24, 2.45) is 17.6 Å². The quantitative estimate of drug-likeness (QED) is 0.325. The molecular weight excluding hydrogens is 544 g/mol. The molecule has 0 aromatic heterocycles. The fraction of sp³-hybridized carbons (Fsp3) is 0.484. The average molecular weight is 587 g/mol. The maximum absolute atomic E-state index is 13.7. The second-order valence-electron chi connectivity index (χ2n) is 10.5. The number of allylic oxidation sites excluding steroid dienone is 5. The van der Waals surface area contributed by atoms with E-state index in [9.17, 15) is 24.3 Å². The summed E-state index contributed by atoms with van der Waals surface area (Å²) >= 11 is 0. The van der Waals surface area contributed by atoms with E-state index in [-0.39, 0.29) is 40.5 Å². The topological polar surface area (TPSA) is 163 Å². The predicted molar refractivity (Wildman–Crippen MR) is 156 cm³/mol. The second-order valence-corrected chi connectivity index (χ2v) is 10.5. The van der Waals surface area contributed by atoms with Crippen molar-refractivity contribution in [1.82, 2.24) is 5.32 Å². The molecule has 2 bridgehead atoms. The molecule has 0 saturated carbocycles. The Morgan fingerprint density at radius 3 is 2.33 bits per heavy atom. The van der Waals surface area contributed by atoms with E-state index in [1.165, 1.54) is 46.5 Å². The number of fused-ring (bicyclic) bond motifs is 2. The number of carbonyl (C=O) groups is 4. The Labute approximate surface area is 246 Å². The lowest BCUT2D eigenvalue weighted by molar-refractivity contribution is -0.121. The molecule has 11 nitrogen and oxygen atoms in total. The maximum Gasteiger partial charge on any atom is 0.405 e. The summed E-state index contributed by atoms with van der Waals surface area (Å²) in [5.41, 5.74) is 5.96. The minimum atomic E-state index is -1.01. The second kappa shape index (κ2) is 15.4. The van der Waals surface area contributed by atoms with E-state index in [0.717, 1.165) is 0 Å². The molecule has 6 atom stereocenters. The zero-order valence-corrected chi connectivity index (χ0v) is 25.3. The molecule has 6 unspecified atom stereocenters. The Balaban J connectivity index is 2.69. The summed E-state index contributed by atoms with van der Waals surface area (Å²) in [7, 11) is 4.20. The van der Waals surface area contributed by atoms with Crippen LogP contribution in [0.15, 0.2) is 70.7 Å². The van der Waals surface area contributed by atoms with Crippen molar-refractivity contribution in [3.8, 4) is 0 Å². The molecule has 1 aliphatic carbocycles. The zero-order valence-electron chi connectivity index (χ0n) is 25.3. The Morgan fingerprint density at radius 2 is 1.79 bits per heavy atom. The lowest BCUT2D eigenvalue weighted by Crippen LogP contribution is -2.37. The summed E-state index contributed by atoms with van der Waals surface area (Å²) in [6.07, 6.45) is 3.63. The van der Waals surface area contributed by atoms with Gasteiger partial charge in [0.2, 0.25) is 11.6 Å². The molecule has 2 aliphatic rings. The summed E-state index contributed by atoms with van der Waals surface area (Å²) < 4.78 is 21.9. The number of rotatable bonds is 5. The van der Waals surface area contributed by atoms with Crippen molar-refractivity contribution in [2.45, 2.75) is 65.0 Å². The third-order valence-corrected chi connectivity index (χ3v) is 7.35. The number of aliphatic hydroxyl groups excluding tert-OH is 1. The van der Waals surface area contributed by atoms with E-state index < -0.39 is 53.9 Å². The molecule has 1 heterocycles. The largest absolute Gasteiger partial charge is 0.492 e. The monoisotopic (exact) mass is 586 g/mol. The van der Waals surface area contributed by atoms with Gasteiger partial charge in [0, 0.05) is 31.3 Å². The zero-order chi connectivity index (χ0) is 31.7. The number of ketones is 2. The first-order valence-corrected chi connectivity index (χ1v) is 13.6. The van der Waals surface area contributed by atoms with Gasteiger partial charge in [-0.2, -0.15) is 0 Å². The van der Waals surface area contributed by atoms with Crippen molar-refractivity contribution < 1.29 is 43.2 Å². The van der Waals surface area contributed by atoms with E-state index in [0.29, 0.717) is 12.0 Å². The van der Waals surface area contributed by atoms with Crippen LogP contribution in [0.3, 0.4) is 0 Å². The van der Waals surface area contributed by atoms with Gasteiger partial charge in [-0.05, 0) is 38.2 Å². The van der Waals surface area contributed by atoms with Crippen LogP contribution < -0.4 is 11.1 Å². The average Bonchev–Trinajstić information content (AvgIpc) is 2.94. The molecule has 2 rings (SSSR count). The molecule has 4 N–H and O–H groups in total. The van der Waals surface area contributed by atoms with Gasteiger partial charge in [0.1, 0.15) is 11.8 Å². The van der Waals surface area contributed by atoms with Gasteiger partial charge >= 0.3 is 6.09 Å². The number of ether oxygens (including phenoxy) is 4. The molecule has 2 amide bonds. The highest BCUT2D eigenvalue weighted by atomic mass is 16.6. The standard InChI is InChI=1S/C31H42N2O9/c1-9-20-24-26(35)21(29(41-8)27(20)36)13-16(2)14-23(40-7)25(34)18(4)15-19(5)28(42-31(32)38)22(39-6)12-10-11-17(3)30(37)33-24/h9-12,15-16,18,22-23,25,28,34H,1,13-14H2,2-8H3,(H2,32,38)(H,33,37). The van der Waals surface area contributed by atoms with Crippen molar-refractivity contribution in [1.29, 1.82) is 0 Å². The van der Waals surface area contributed by atoms with E-state index >= 15 is 0 Å². The van der Waals surface area contributed by atoms with Crippen molar-refractivity contribution in [3.05, 3.63) is 70.7 Å². The molecule has 230 valence electrons. The SMILES string of the molecule is C=CC1=C2NC(=O)C(C)=CC=CC(OC)C(OC(N)=O)C(C)=CC(C)C(O)C(OC)CC(C)CC(=C(OC)C1=O)C2=O. The Morgan fingerprint density at radius 1 is 1.12 bits per heavy atom. The highest BCUT2D eigenvalue weighted by molar-refractivity contribution is 6.26. The van der Waals surface area contributed by atoms with Crippen LogP contribution in [0.2, 0.25) is 0 Å². The number of aliphatic hydroxyl groups is 1. The number of Topliss-reactive ketones (excluding diaryl/α,β-unsaturated/α-hetero) is 2. The highest BCUT2D eigenvalue weighted by Gasteiger charge is 2.37. The van der Waals surface area contributed by atoms with Gasteiger partial charge in [0.05, 0.1) is 24.9 Å². The van der Waals surface area contributed by atoms with E-state index in [1.807, 2.05) is 6.92 Å². The summed E-state index contributed by atoms with van der Waals surface area (Å²) in [4.78, 5) is 51.7. The van der Waals surface area contributed by atoms with E-state index in [4.69, 9.17) is 24.7 Å². The number of hydrogen-bond acceptors (Lipinski definition) is 9. The number of nitrogens with two attached hydrogens (primary N) is 1. The molecule has 0 fully saturated rings. The summed E-state index contributed by atoms with van der Waals surface area (Å²) in [6.45, 7) is 10.5. The third-order valence-electron chi connectivity index (χ3n) is 7.35. The first kappa shape index (κ1) is 34.4. The lowest BCUT2D eigenvalue weighted by atomic mass is 9.83. The molecule has 1 aliphatic heterocycles. The molecule has 11 heteroatoms. The normalized spacial score (nSPS) is 28.6. The fourth-order valence-corrected chi connectivity index (χ4v) is 5.06. The number of primary amides is 1. The Hall–Kier alpha value is -3.80. The van der Waals surface area contributed by atoms with Crippen LogP contribution in [0.25, 0.3) is 0 Å². The lowest BCUT2D eigenvalue weighted by Gasteiger charge is -2.30. The molecular formula is C31H42N2O9. The van der Waals surface area contributed by atoms with Gasteiger partial charge in [0.25, 0.3) is 5.91 Å². The maximum atomic E-state index is 13.7.